The van der Waals surface area contributed by atoms with Gasteiger partial charge in [-0.2, -0.15) is 5.10 Å². The molecule has 2 N–H and O–H groups in total. The molecule has 0 radical (unpaired) electrons. The Hall–Kier alpha value is -2.21. The van der Waals surface area contributed by atoms with Crippen molar-refractivity contribution in [2.75, 3.05) is 19.7 Å². The molecule has 1 aliphatic heterocycles. The molecule has 0 atom stereocenters. The maximum absolute atomic E-state index is 12.7. The number of carbonyl (C=O) groups is 1. The number of rotatable bonds is 4. The third-order valence-corrected chi connectivity index (χ3v) is 4.99. The van der Waals surface area contributed by atoms with Gasteiger partial charge in [0.25, 0.3) is 5.91 Å². The number of piperidine rings is 1. The van der Waals surface area contributed by atoms with Crippen molar-refractivity contribution in [3.05, 3.63) is 36.2 Å². The van der Waals surface area contributed by atoms with Gasteiger partial charge in [0.2, 0.25) is 0 Å². The van der Waals surface area contributed by atoms with Crippen LogP contribution < -0.4 is 0 Å². The molecule has 0 saturated carbocycles. The SMILES string of the molecule is CCC1(CO)CCN(C(=O)c2cccc(-c3ncn[nH]3)c2)CC1. The Balaban J connectivity index is 1.73. The van der Waals surface area contributed by atoms with Gasteiger partial charge in [-0.3, -0.25) is 9.89 Å². The number of H-pyrrole nitrogens is 1. The molecule has 2 heterocycles. The van der Waals surface area contributed by atoms with Gasteiger partial charge >= 0.3 is 0 Å². The Labute approximate surface area is 135 Å². The van der Waals surface area contributed by atoms with Gasteiger partial charge in [-0.15, -0.1) is 0 Å². The third-order valence-electron chi connectivity index (χ3n) is 4.99. The van der Waals surface area contributed by atoms with Crippen molar-refractivity contribution in [2.45, 2.75) is 26.2 Å². The van der Waals surface area contributed by atoms with E-state index < -0.39 is 0 Å². The van der Waals surface area contributed by atoms with Crippen molar-refractivity contribution < 1.29 is 9.90 Å². The van der Waals surface area contributed by atoms with Gasteiger partial charge in [-0.1, -0.05) is 19.1 Å². The first-order valence-electron chi connectivity index (χ1n) is 8.03. The molecule has 6 heteroatoms. The van der Waals surface area contributed by atoms with Crippen LogP contribution in [0.25, 0.3) is 11.4 Å². The molecule has 23 heavy (non-hydrogen) atoms. The first-order valence-corrected chi connectivity index (χ1v) is 8.03. The molecule has 1 fully saturated rings. The van der Waals surface area contributed by atoms with E-state index in [1.807, 2.05) is 29.2 Å². The van der Waals surface area contributed by atoms with Crippen LogP contribution in [0.2, 0.25) is 0 Å². The average molecular weight is 314 g/mol. The Bertz CT molecular complexity index is 655. The first-order chi connectivity index (χ1) is 11.2. The molecule has 6 nitrogen and oxygen atoms in total. The molecular weight excluding hydrogens is 292 g/mol. The minimum Gasteiger partial charge on any atom is -0.396 e. The Morgan fingerprint density at radius 3 is 2.78 bits per heavy atom. The zero-order valence-electron chi connectivity index (χ0n) is 13.3. The second kappa shape index (κ2) is 6.50. The molecule has 1 aromatic heterocycles. The molecule has 0 aliphatic carbocycles. The Morgan fingerprint density at radius 1 is 1.39 bits per heavy atom. The topological polar surface area (TPSA) is 82.1 Å². The molecule has 122 valence electrons. The molecule has 2 aromatic rings. The fourth-order valence-electron chi connectivity index (χ4n) is 3.13. The lowest BCUT2D eigenvalue weighted by atomic mass is 9.77. The van der Waals surface area contributed by atoms with E-state index in [1.54, 1.807) is 0 Å². The molecular formula is C17H22N4O2. The smallest absolute Gasteiger partial charge is 0.253 e. The zero-order valence-corrected chi connectivity index (χ0v) is 13.3. The summed E-state index contributed by atoms with van der Waals surface area (Å²) in [5.41, 5.74) is 1.49. The van der Waals surface area contributed by atoms with E-state index in [1.165, 1.54) is 6.33 Å². The van der Waals surface area contributed by atoms with Crippen molar-refractivity contribution in [1.82, 2.24) is 20.1 Å². The summed E-state index contributed by atoms with van der Waals surface area (Å²) in [6.07, 6.45) is 4.11. The number of aromatic amines is 1. The summed E-state index contributed by atoms with van der Waals surface area (Å²) in [6.45, 7) is 3.70. The van der Waals surface area contributed by atoms with Gasteiger partial charge in [0.05, 0.1) is 0 Å². The minimum atomic E-state index is -0.0154. The second-order valence-electron chi connectivity index (χ2n) is 6.22. The highest BCUT2D eigenvalue weighted by Crippen LogP contribution is 2.34. The summed E-state index contributed by atoms with van der Waals surface area (Å²) in [6, 6.07) is 7.44. The Kier molecular flexibility index (Phi) is 4.43. The van der Waals surface area contributed by atoms with Crippen molar-refractivity contribution in [1.29, 1.82) is 0 Å². The fourth-order valence-corrected chi connectivity index (χ4v) is 3.13. The highest BCUT2D eigenvalue weighted by molar-refractivity contribution is 5.95. The number of aliphatic hydroxyl groups is 1. The van der Waals surface area contributed by atoms with Crippen LogP contribution in [0.3, 0.4) is 0 Å². The van der Waals surface area contributed by atoms with Crippen molar-refractivity contribution in [3.63, 3.8) is 0 Å². The summed E-state index contributed by atoms with van der Waals surface area (Å²) in [5, 5.41) is 16.3. The predicted octanol–water partition coefficient (Wildman–Crippen LogP) is 2.10. The van der Waals surface area contributed by atoms with E-state index in [9.17, 15) is 9.90 Å². The largest absolute Gasteiger partial charge is 0.396 e. The van der Waals surface area contributed by atoms with E-state index in [-0.39, 0.29) is 17.9 Å². The summed E-state index contributed by atoms with van der Waals surface area (Å²) in [5.74, 6) is 0.692. The van der Waals surface area contributed by atoms with Crippen LogP contribution in [0.4, 0.5) is 0 Å². The van der Waals surface area contributed by atoms with E-state index in [0.29, 0.717) is 24.5 Å². The molecule has 1 aromatic carbocycles. The maximum atomic E-state index is 12.7. The Morgan fingerprint density at radius 2 is 2.17 bits per heavy atom. The monoisotopic (exact) mass is 314 g/mol. The molecule has 0 bridgehead atoms. The van der Waals surface area contributed by atoms with Crippen LogP contribution in [0, 0.1) is 5.41 Å². The first kappa shape index (κ1) is 15.7. The van der Waals surface area contributed by atoms with Crippen LogP contribution >= 0.6 is 0 Å². The van der Waals surface area contributed by atoms with E-state index in [4.69, 9.17) is 0 Å². The highest BCUT2D eigenvalue weighted by atomic mass is 16.3. The van der Waals surface area contributed by atoms with E-state index in [2.05, 4.69) is 22.1 Å². The predicted molar refractivity (Wildman–Crippen MR) is 86.8 cm³/mol. The van der Waals surface area contributed by atoms with Gasteiger partial charge in [-0.25, -0.2) is 4.98 Å². The van der Waals surface area contributed by atoms with Gasteiger partial charge < -0.3 is 10.0 Å². The molecule has 1 saturated heterocycles. The van der Waals surface area contributed by atoms with E-state index >= 15 is 0 Å². The zero-order chi connectivity index (χ0) is 16.3. The number of amides is 1. The van der Waals surface area contributed by atoms with Crippen molar-refractivity contribution in [3.8, 4) is 11.4 Å². The van der Waals surface area contributed by atoms with Crippen LogP contribution in [0.15, 0.2) is 30.6 Å². The maximum Gasteiger partial charge on any atom is 0.253 e. The van der Waals surface area contributed by atoms with Gasteiger partial charge in [-0.05, 0) is 36.8 Å². The van der Waals surface area contributed by atoms with Gasteiger partial charge in [0.1, 0.15) is 6.33 Å². The quantitative estimate of drug-likeness (QED) is 0.905. The average Bonchev–Trinajstić information content (AvgIpc) is 3.16. The van der Waals surface area contributed by atoms with Crippen LogP contribution in [-0.4, -0.2) is 50.8 Å². The van der Waals surface area contributed by atoms with Crippen LogP contribution in [0.1, 0.15) is 36.5 Å². The van der Waals surface area contributed by atoms with Crippen LogP contribution in [0.5, 0.6) is 0 Å². The standard InChI is InChI=1S/C17H22N4O2/c1-2-17(11-22)6-8-21(9-7-17)16(23)14-5-3-4-13(10-14)15-18-12-19-20-15/h3-5,10,12,22H,2,6-9,11H2,1H3,(H,18,19,20). The second-order valence-corrected chi connectivity index (χ2v) is 6.22. The summed E-state index contributed by atoms with van der Waals surface area (Å²) in [7, 11) is 0. The number of aromatic nitrogens is 3. The minimum absolute atomic E-state index is 0.0154. The summed E-state index contributed by atoms with van der Waals surface area (Å²) in [4.78, 5) is 18.7. The number of nitrogens with one attached hydrogen (secondary N) is 1. The lowest BCUT2D eigenvalue weighted by molar-refractivity contribution is 0.0338. The number of hydrogen-bond acceptors (Lipinski definition) is 4. The molecule has 0 spiro atoms. The molecule has 3 rings (SSSR count). The number of hydrogen-bond donors (Lipinski definition) is 2. The number of likely N-dealkylation sites (tertiary alicyclic amines) is 1. The molecule has 1 aliphatic rings. The third kappa shape index (κ3) is 3.12. The summed E-state index contributed by atoms with van der Waals surface area (Å²) >= 11 is 0. The number of benzene rings is 1. The lowest BCUT2D eigenvalue weighted by Gasteiger charge is -2.40. The number of nitrogens with zero attached hydrogens (tertiary/aromatic N) is 3. The fraction of sp³-hybridized carbons (Fsp3) is 0.471. The molecule has 1 amide bonds. The van der Waals surface area contributed by atoms with Crippen molar-refractivity contribution >= 4 is 5.91 Å². The van der Waals surface area contributed by atoms with Gasteiger partial charge in [0, 0.05) is 30.8 Å². The normalized spacial score (nSPS) is 17.2. The number of aliphatic hydroxyl groups excluding tert-OH is 1. The summed E-state index contributed by atoms with van der Waals surface area (Å²) < 4.78 is 0. The van der Waals surface area contributed by atoms with Gasteiger partial charge in [0.15, 0.2) is 5.82 Å². The highest BCUT2D eigenvalue weighted by Gasteiger charge is 2.34. The number of carbonyl (C=O) groups excluding carboxylic acids is 1. The lowest BCUT2D eigenvalue weighted by Crippen LogP contribution is -2.44. The molecule has 0 unspecified atom stereocenters. The van der Waals surface area contributed by atoms with Crippen LogP contribution in [-0.2, 0) is 0 Å². The van der Waals surface area contributed by atoms with Crippen molar-refractivity contribution in [2.24, 2.45) is 5.41 Å². The van der Waals surface area contributed by atoms with E-state index in [0.717, 1.165) is 24.8 Å².